The highest BCUT2D eigenvalue weighted by molar-refractivity contribution is 8.00. The molecule has 2 unspecified atom stereocenters. The van der Waals surface area contributed by atoms with Crippen LogP contribution in [0.1, 0.15) is 19.4 Å². The number of nitrogens with two attached hydrogens (primary N) is 1. The third-order valence-corrected chi connectivity index (χ3v) is 5.49. The van der Waals surface area contributed by atoms with Gasteiger partial charge >= 0.3 is 0 Å². The van der Waals surface area contributed by atoms with E-state index in [0.29, 0.717) is 11.3 Å². The molecule has 0 bridgehead atoms. The molecule has 1 aliphatic rings. The van der Waals surface area contributed by atoms with Crippen LogP contribution in [0.25, 0.3) is 10.9 Å². The van der Waals surface area contributed by atoms with E-state index in [1.165, 1.54) is 0 Å². The Morgan fingerprint density at radius 3 is 2.90 bits per heavy atom. The number of hydrogen-bond donors (Lipinski definition) is 2. The second-order valence-corrected chi connectivity index (χ2v) is 6.96. The molecule has 5 heteroatoms. The van der Waals surface area contributed by atoms with E-state index >= 15 is 0 Å². The van der Waals surface area contributed by atoms with Gasteiger partial charge in [0.2, 0.25) is 0 Å². The molecule has 21 heavy (non-hydrogen) atoms. The maximum atomic E-state index is 7.89. The van der Waals surface area contributed by atoms with Crippen molar-refractivity contribution in [2.45, 2.75) is 25.1 Å². The van der Waals surface area contributed by atoms with Crippen molar-refractivity contribution in [3.8, 4) is 0 Å². The second-order valence-electron chi connectivity index (χ2n) is 5.48. The van der Waals surface area contributed by atoms with Gasteiger partial charge < -0.3 is 10.6 Å². The van der Waals surface area contributed by atoms with Gasteiger partial charge in [-0.2, -0.15) is 11.8 Å². The number of anilines is 1. The summed E-state index contributed by atoms with van der Waals surface area (Å²) in [6.45, 7) is 5.41. The zero-order valence-corrected chi connectivity index (χ0v) is 13.2. The number of amidine groups is 1. The largest absolute Gasteiger partial charge is 0.384 e. The molecule has 2 aromatic rings. The first-order chi connectivity index (χ1) is 10.1. The fraction of sp³-hybridized carbons (Fsp3) is 0.375. The van der Waals surface area contributed by atoms with Gasteiger partial charge in [-0.15, -0.1) is 0 Å². The lowest BCUT2D eigenvalue weighted by Gasteiger charge is -2.39. The maximum absolute atomic E-state index is 7.89. The Hall–Kier alpha value is -1.75. The van der Waals surface area contributed by atoms with Crippen LogP contribution in [-0.4, -0.2) is 34.4 Å². The summed E-state index contributed by atoms with van der Waals surface area (Å²) < 4.78 is 0. The van der Waals surface area contributed by atoms with Gasteiger partial charge in [0.25, 0.3) is 0 Å². The minimum absolute atomic E-state index is 0.0846. The number of nitrogens with zero attached hydrogens (tertiary/aromatic N) is 2. The number of thioether (sulfide) groups is 1. The monoisotopic (exact) mass is 300 g/mol. The summed E-state index contributed by atoms with van der Waals surface area (Å²) in [7, 11) is 0. The number of para-hydroxylation sites is 1. The molecule has 0 aliphatic carbocycles. The highest BCUT2D eigenvalue weighted by Crippen LogP contribution is 2.31. The number of aromatic nitrogens is 1. The van der Waals surface area contributed by atoms with Gasteiger partial charge in [-0.3, -0.25) is 5.41 Å². The summed E-state index contributed by atoms with van der Waals surface area (Å²) in [5.74, 6) is 2.01. The van der Waals surface area contributed by atoms with Gasteiger partial charge in [-0.25, -0.2) is 4.98 Å². The minimum Gasteiger partial charge on any atom is -0.384 e. The van der Waals surface area contributed by atoms with Crippen LogP contribution in [0.4, 0.5) is 5.82 Å². The van der Waals surface area contributed by atoms with Gasteiger partial charge in [0.05, 0.1) is 11.1 Å². The van der Waals surface area contributed by atoms with Crippen LogP contribution >= 0.6 is 11.8 Å². The summed E-state index contributed by atoms with van der Waals surface area (Å²) >= 11 is 1.99. The van der Waals surface area contributed by atoms with Crippen molar-refractivity contribution < 1.29 is 0 Å². The Morgan fingerprint density at radius 2 is 2.14 bits per heavy atom. The minimum atomic E-state index is 0.0846. The van der Waals surface area contributed by atoms with Gasteiger partial charge in [0.15, 0.2) is 0 Å². The molecule has 3 N–H and O–H groups in total. The molecular formula is C16H20N4S. The Bertz CT molecular complexity index is 685. The maximum Gasteiger partial charge on any atom is 0.140 e. The van der Waals surface area contributed by atoms with Crippen molar-refractivity contribution in [1.29, 1.82) is 5.41 Å². The molecule has 1 aliphatic heterocycles. The predicted octanol–water partition coefficient (Wildman–Crippen LogP) is 2.85. The van der Waals surface area contributed by atoms with E-state index in [4.69, 9.17) is 16.1 Å². The predicted molar refractivity (Wildman–Crippen MR) is 91.5 cm³/mol. The number of nitrogens with one attached hydrogen (secondary N) is 1. The molecule has 3 rings (SSSR count). The lowest BCUT2D eigenvalue weighted by molar-refractivity contribution is 0.621. The zero-order chi connectivity index (χ0) is 15.0. The Balaban J connectivity index is 2.15. The number of pyridine rings is 1. The van der Waals surface area contributed by atoms with Gasteiger partial charge in [-0.1, -0.05) is 25.1 Å². The fourth-order valence-corrected chi connectivity index (χ4v) is 3.85. The number of fused-ring (bicyclic) bond motifs is 1. The molecule has 0 saturated carbocycles. The fourth-order valence-electron chi connectivity index (χ4n) is 2.75. The van der Waals surface area contributed by atoms with E-state index in [1.807, 2.05) is 42.1 Å². The third kappa shape index (κ3) is 2.58. The number of rotatable bonds is 2. The van der Waals surface area contributed by atoms with E-state index in [1.54, 1.807) is 0 Å². The summed E-state index contributed by atoms with van der Waals surface area (Å²) in [6, 6.07) is 10.4. The first-order valence-corrected chi connectivity index (χ1v) is 8.25. The third-order valence-electron chi connectivity index (χ3n) is 4.15. The average Bonchev–Trinajstić information content (AvgIpc) is 2.48. The molecule has 0 radical (unpaired) electrons. The van der Waals surface area contributed by atoms with Crippen molar-refractivity contribution in [3.63, 3.8) is 0 Å². The zero-order valence-electron chi connectivity index (χ0n) is 12.3. The standard InChI is InChI=1S/C16H20N4S/c1-10-11(2)21-8-7-20(10)16-13(15(17)18)9-12-5-3-4-6-14(12)19-16/h3-6,9-11H,7-8H2,1-2H3,(H3,17,18). The topological polar surface area (TPSA) is 66.0 Å². The quantitative estimate of drug-likeness (QED) is 0.661. The number of nitrogen functional groups attached to an aromatic ring is 1. The Labute approximate surface area is 129 Å². The SMILES string of the molecule is CC1SCCN(c2nc3ccccc3cc2C(=N)N)C1C. The van der Waals surface area contributed by atoms with E-state index in [2.05, 4.69) is 18.7 Å². The molecule has 1 aromatic carbocycles. The first-order valence-electron chi connectivity index (χ1n) is 7.20. The molecule has 110 valence electrons. The van der Waals surface area contributed by atoms with E-state index in [-0.39, 0.29) is 5.84 Å². The van der Waals surface area contributed by atoms with Crippen LogP contribution < -0.4 is 10.6 Å². The summed E-state index contributed by atoms with van der Waals surface area (Å²) in [5.41, 5.74) is 7.49. The van der Waals surface area contributed by atoms with Crippen LogP contribution in [0.15, 0.2) is 30.3 Å². The molecule has 1 saturated heterocycles. The smallest absolute Gasteiger partial charge is 0.140 e. The van der Waals surface area contributed by atoms with Crippen LogP contribution in [-0.2, 0) is 0 Å². The van der Waals surface area contributed by atoms with Crippen molar-refractivity contribution in [1.82, 2.24) is 4.98 Å². The lowest BCUT2D eigenvalue weighted by atomic mass is 10.1. The van der Waals surface area contributed by atoms with E-state index < -0.39 is 0 Å². The van der Waals surface area contributed by atoms with Crippen LogP contribution in [0.2, 0.25) is 0 Å². The summed E-state index contributed by atoms with van der Waals surface area (Å²) in [4.78, 5) is 7.10. The molecule has 4 nitrogen and oxygen atoms in total. The molecular weight excluding hydrogens is 280 g/mol. The van der Waals surface area contributed by atoms with E-state index in [9.17, 15) is 0 Å². The molecule has 2 heterocycles. The molecule has 0 amide bonds. The van der Waals surface area contributed by atoms with Crippen LogP contribution in [0, 0.1) is 5.41 Å². The lowest BCUT2D eigenvalue weighted by Crippen LogP contribution is -2.46. The van der Waals surface area contributed by atoms with Crippen molar-refractivity contribution in [3.05, 3.63) is 35.9 Å². The van der Waals surface area contributed by atoms with Crippen molar-refractivity contribution >= 4 is 34.3 Å². The van der Waals surface area contributed by atoms with Gasteiger partial charge in [0.1, 0.15) is 11.7 Å². The molecule has 1 fully saturated rings. The molecule has 2 atom stereocenters. The van der Waals surface area contributed by atoms with Gasteiger partial charge in [-0.05, 0) is 19.1 Å². The second kappa shape index (κ2) is 5.56. The average molecular weight is 300 g/mol. The van der Waals surface area contributed by atoms with Gasteiger partial charge in [0, 0.05) is 29.0 Å². The number of benzene rings is 1. The Morgan fingerprint density at radius 1 is 1.38 bits per heavy atom. The summed E-state index contributed by atoms with van der Waals surface area (Å²) in [5, 5.41) is 9.47. The van der Waals surface area contributed by atoms with Crippen molar-refractivity contribution in [2.75, 3.05) is 17.2 Å². The van der Waals surface area contributed by atoms with E-state index in [0.717, 1.165) is 34.6 Å². The highest BCUT2D eigenvalue weighted by atomic mass is 32.2. The van der Waals surface area contributed by atoms with Crippen LogP contribution in [0.3, 0.4) is 0 Å². The number of hydrogen-bond acceptors (Lipinski definition) is 4. The van der Waals surface area contributed by atoms with Crippen molar-refractivity contribution in [2.24, 2.45) is 5.73 Å². The Kier molecular flexibility index (Phi) is 3.76. The molecule has 0 spiro atoms. The molecule has 1 aromatic heterocycles. The first kappa shape index (κ1) is 14.2. The normalized spacial score (nSPS) is 22.5. The highest BCUT2D eigenvalue weighted by Gasteiger charge is 2.28. The summed E-state index contributed by atoms with van der Waals surface area (Å²) in [6.07, 6.45) is 0. The van der Waals surface area contributed by atoms with Crippen LogP contribution in [0.5, 0.6) is 0 Å².